The number of aliphatic hydroxyl groups excluding tert-OH is 2. The number of nitrogens with zero attached hydrogens (tertiary/aromatic N) is 2. The molecule has 0 spiro atoms. The molecule has 0 radical (unpaired) electrons. The van der Waals surface area contributed by atoms with Crippen molar-refractivity contribution in [3.63, 3.8) is 0 Å². The van der Waals surface area contributed by atoms with Crippen molar-refractivity contribution in [3.05, 3.63) is 32.9 Å². The molecule has 1 aromatic heterocycles. The van der Waals surface area contributed by atoms with E-state index in [0.717, 1.165) is 28.2 Å². The number of aliphatic hydroxyl groups is 2. The first-order chi connectivity index (χ1) is 10.5. The van der Waals surface area contributed by atoms with E-state index in [4.69, 9.17) is 9.84 Å². The molecule has 2 N–H and O–H groups in total. The summed E-state index contributed by atoms with van der Waals surface area (Å²) < 4.78 is 21.0. The summed E-state index contributed by atoms with van der Waals surface area (Å²) in [5.74, 6) is -1.04. The summed E-state index contributed by atoms with van der Waals surface area (Å²) in [7, 11) is 0. The van der Waals surface area contributed by atoms with E-state index in [1.54, 1.807) is 0 Å². The maximum Gasteiger partial charge on any atom is 0.333 e. The molecule has 1 aromatic rings. The summed E-state index contributed by atoms with van der Waals surface area (Å²) in [4.78, 5) is 24.1. The van der Waals surface area contributed by atoms with Gasteiger partial charge in [0.2, 0.25) is 5.82 Å². The van der Waals surface area contributed by atoms with Crippen molar-refractivity contribution in [1.29, 1.82) is 0 Å². The Labute approximate surface area is 126 Å². The van der Waals surface area contributed by atoms with Crippen LogP contribution in [0.15, 0.2) is 15.8 Å². The van der Waals surface area contributed by atoms with Crippen molar-refractivity contribution in [3.8, 4) is 0 Å². The van der Waals surface area contributed by atoms with Crippen LogP contribution in [-0.4, -0.2) is 38.2 Å². The number of unbranched alkanes of at least 4 members (excludes halogenated alkanes) is 2. The Balaban J connectivity index is 2.33. The molecule has 7 nitrogen and oxygen atoms in total. The Kier molecular flexibility index (Phi) is 5.49. The van der Waals surface area contributed by atoms with Crippen molar-refractivity contribution >= 4 is 0 Å². The van der Waals surface area contributed by atoms with Crippen LogP contribution in [0.5, 0.6) is 0 Å². The van der Waals surface area contributed by atoms with E-state index in [2.05, 4.69) is 0 Å². The Morgan fingerprint density at radius 2 is 2.14 bits per heavy atom. The molecular formula is C14H21FN2O5. The second-order valence-electron chi connectivity index (χ2n) is 5.45. The van der Waals surface area contributed by atoms with Crippen LogP contribution in [0.3, 0.4) is 0 Å². The van der Waals surface area contributed by atoms with Crippen molar-refractivity contribution in [1.82, 2.24) is 9.13 Å². The number of aromatic nitrogens is 2. The van der Waals surface area contributed by atoms with Crippen molar-refractivity contribution < 1.29 is 19.3 Å². The quantitative estimate of drug-likeness (QED) is 0.720. The molecule has 0 amide bonds. The van der Waals surface area contributed by atoms with Crippen LogP contribution in [0.4, 0.5) is 4.39 Å². The molecule has 0 aromatic carbocycles. The number of hydrogen-bond acceptors (Lipinski definition) is 5. The Morgan fingerprint density at radius 1 is 1.41 bits per heavy atom. The third-order valence-electron chi connectivity index (χ3n) is 3.83. The fraction of sp³-hybridized carbons (Fsp3) is 0.714. The van der Waals surface area contributed by atoms with Gasteiger partial charge in [-0.2, -0.15) is 4.39 Å². The third-order valence-corrected chi connectivity index (χ3v) is 3.83. The zero-order valence-electron chi connectivity index (χ0n) is 12.4. The van der Waals surface area contributed by atoms with Crippen LogP contribution in [0, 0.1) is 5.82 Å². The average molecular weight is 316 g/mol. The monoisotopic (exact) mass is 316 g/mol. The fourth-order valence-electron chi connectivity index (χ4n) is 2.56. The van der Waals surface area contributed by atoms with E-state index in [1.165, 1.54) is 0 Å². The molecule has 2 rings (SSSR count). The minimum atomic E-state index is -1.04. The van der Waals surface area contributed by atoms with Crippen LogP contribution in [0.1, 0.15) is 38.8 Å². The summed E-state index contributed by atoms with van der Waals surface area (Å²) >= 11 is 0. The normalized spacial score (nSPS) is 24.8. The summed E-state index contributed by atoms with van der Waals surface area (Å²) in [6, 6.07) is 0. The van der Waals surface area contributed by atoms with Gasteiger partial charge in [0.1, 0.15) is 12.3 Å². The van der Waals surface area contributed by atoms with E-state index in [1.807, 2.05) is 6.92 Å². The molecule has 124 valence electrons. The van der Waals surface area contributed by atoms with Crippen molar-refractivity contribution in [2.45, 2.75) is 57.6 Å². The standard InChI is InChI=1S/C14H21FN2O5/c1-2-3-4-5-16-13(20)9(15)7-17(14(16)21)12-6-10(19)11(8-18)22-12/h7,10-12,18-19H,2-6,8H2,1H3/t10-,11+,12+/m0/s1. The van der Waals surface area contributed by atoms with E-state index in [0.29, 0.717) is 6.42 Å². The lowest BCUT2D eigenvalue weighted by molar-refractivity contribution is -0.0466. The van der Waals surface area contributed by atoms with E-state index >= 15 is 0 Å². The summed E-state index contributed by atoms with van der Waals surface area (Å²) in [5.41, 5.74) is -1.62. The predicted molar refractivity (Wildman–Crippen MR) is 76.1 cm³/mol. The van der Waals surface area contributed by atoms with Gasteiger partial charge in [-0.3, -0.25) is 13.9 Å². The molecule has 22 heavy (non-hydrogen) atoms. The molecule has 0 unspecified atom stereocenters. The largest absolute Gasteiger partial charge is 0.394 e. The van der Waals surface area contributed by atoms with Crippen LogP contribution < -0.4 is 11.2 Å². The van der Waals surface area contributed by atoms with Gasteiger partial charge >= 0.3 is 5.69 Å². The molecule has 3 atom stereocenters. The van der Waals surface area contributed by atoms with Crippen molar-refractivity contribution in [2.24, 2.45) is 0 Å². The van der Waals surface area contributed by atoms with Crippen LogP contribution in [0.25, 0.3) is 0 Å². The maximum atomic E-state index is 13.8. The fourth-order valence-corrected chi connectivity index (χ4v) is 2.56. The minimum Gasteiger partial charge on any atom is -0.394 e. The van der Waals surface area contributed by atoms with Gasteiger partial charge in [0, 0.05) is 13.0 Å². The zero-order chi connectivity index (χ0) is 16.3. The predicted octanol–water partition coefficient (Wildman–Crippen LogP) is -0.0200. The van der Waals surface area contributed by atoms with Crippen LogP contribution >= 0.6 is 0 Å². The topological polar surface area (TPSA) is 93.7 Å². The highest BCUT2D eigenvalue weighted by molar-refractivity contribution is 4.93. The first kappa shape index (κ1) is 16.9. The smallest absolute Gasteiger partial charge is 0.333 e. The van der Waals surface area contributed by atoms with E-state index in [-0.39, 0.29) is 13.0 Å². The molecule has 2 heterocycles. The lowest BCUT2D eigenvalue weighted by Crippen LogP contribution is -2.42. The Bertz CT molecular complexity index is 627. The van der Waals surface area contributed by atoms with Gasteiger partial charge in [0.25, 0.3) is 5.56 Å². The number of rotatable bonds is 6. The van der Waals surface area contributed by atoms with E-state index < -0.39 is 42.1 Å². The van der Waals surface area contributed by atoms with Gasteiger partial charge < -0.3 is 14.9 Å². The van der Waals surface area contributed by atoms with Gasteiger partial charge in [-0.1, -0.05) is 19.8 Å². The lowest BCUT2D eigenvalue weighted by Gasteiger charge is -2.16. The Hall–Kier alpha value is -1.51. The molecule has 8 heteroatoms. The first-order valence-electron chi connectivity index (χ1n) is 7.45. The molecule has 1 saturated heterocycles. The lowest BCUT2D eigenvalue weighted by atomic mass is 10.2. The third kappa shape index (κ3) is 3.29. The molecule has 0 aliphatic carbocycles. The highest BCUT2D eigenvalue weighted by atomic mass is 19.1. The highest BCUT2D eigenvalue weighted by Crippen LogP contribution is 2.27. The summed E-state index contributed by atoms with van der Waals surface area (Å²) in [6.45, 7) is 1.72. The highest BCUT2D eigenvalue weighted by Gasteiger charge is 2.35. The van der Waals surface area contributed by atoms with Crippen LogP contribution in [0.2, 0.25) is 0 Å². The number of hydrogen-bond donors (Lipinski definition) is 2. The van der Waals surface area contributed by atoms with Gasteiger partial charge in [0.05, 0.1) is 18.9 Å². The average Bonchev–Trinajstić information content (AvgIpc) is 2.87. The Morgan fingerprint density at radius 3 is 2.73 bits per heavy atom. The first-order valence-corrected chi connectivity index (χ1v) is 7.45. The zero-order valence-corrected chi connectivity index (χ0v) is 12.4. The summed E-state index contributed by atoms with van der Waals surface area (Å²) in [5, 5.41) is 18.8. The molecule has 1 fully saturated rings. The van der Waals surface area contributed by atoms with Crippen molar-refractivity contribution in [2.75, 3.05) is 6.61 Å². The molecule has 0 bridgehead atoms. The molecule has 1 aliphatic heterocycles. The van der Waals surface area contributed by atoms with E-state index in [9.17, 15) is 19.1 Å². The van der Waals surface area contributed by atoms with Gasteiger partial charge in [-0.05, 0) is 6.42 Å². The minimum absolute atomic E-state index is 0.0533. The summed E-state index contributed by atoms with van der Waals surface area (Å²) in [6.07, 6.45) is 0.540. The second kappa shape index (κ2) is 7.17. The van der Waals surface area contributed by atoms with Gasteiger partial charge in [0.15, 0.2) is 0 Å². The number of ether oxygens (including phenoxy) is 1. The maximum absolute atomic E-state index is 13.8. The number of halogens is 1. The van der Waals surface area contributed by atoms with Gasteiger partial charge in [-0.25, -0.2) is 4.79 Å². The van der Waals surface area contributed by atoms with Crippen LogP contribution in [-0.2, 0) is 11.3 Å². The molecule has 0 saturated carbocycles. The SMILES string of the molecule is CCCCCn1c(=O)c(F)cn([C@H]2C[C@H](O)[C@@H](CO)O2)c1=O. The molecular weight excluding hydrogens is 295 g/mol. The second-order valence-corrected chi connectivity index (χ2v) is 5.45. The van der Waals surface area contributed by atoms with Gasteiger partial charge in [-0.15, -0.1) is 0 Å². The molecule has 1 aliphatic rings.